The van der Waals surface area contributed by atoms with Crippen LogP contribution >= 0.6 is 0 Å². The monoisotopic (exact) mass is 264 g/mol. The molecule has 0 spiro atoms. The Balaban J connectivity index is 1.83. The Hall–Kier alpha value is -1.82. The summed E-state index contributed by atoms with van der Waals surface area (Å²) in [6.07, 6.45) is 1.64. The predicted molar refractivity (Wildman–Crippen MR) is 71.6 cm³/mol. The molecule has 0 aliphatic heterocycles. The summed E-state index contributed by atoms with van der Waals surface area (Å²) in [6, 6.07) is 4.15. The molecule has 1 atom stereocenters. The van der Waals surface area contributed by atoms with Crippen molar-refractivity contribution in [1.82, 2.24) is 15.5 Å². The standard InChI is InChI=1S/C13H20N4O2/c1-9(2)7-14-8-12-16-17-13(19-12)15-10(3)11-5-4-6-18-11/h4-6,9-10,14H,7-8H2,1-3H3,(H,15,17). The van der Waals surface area contributed by atoms with E-state index in [2.05, 4.69) is 34.7 Å². The lowest BCUT2D eigenvalue weighted by atomic mass is 10.2. The van der Waals surface area contributed by atoms with Crippen molar-refractivity contribution in [3.8, 4) is 0 Å². The van der Waals surface area contributed by atoms with Crippen LogP contribution in [0.3, 0.4) is 0 Å². The molecule has 1 unspecified atom stereocenters. The Bertz CT molecular complexity index is 479. The molecule has 2 N–H and O–H groups in total. The molecule has 6 nitrogen and oxygen atoms in total. The molecule has 0 amide bonds. The van der Waals surface area contributed by atoms with Crippen LogP contribution in [0.15, 0.2) is 27.2 Å². The maximum Gasteiger partial charge on any atom is 0.316 e. The van der Waals surface area contributed by atoms with E-state index in [0.29, 0.717) is 24.4 Å². The fourth-order valence-electron chi connectivity index (χ4n) is 1.65. The molecular weight excluding hydrogens is 244 g/mol. The second kappa shape index (κ2) is 6.38. The van der Waals surface area contributed by atoms with Crippen LogP contribution in [0.1, 0.15) is 38.5 Å². The first-order valence-corrected chi connectivity index (χ1v) is 6.48. The minimum atomic E-state index is -0.00748. The maximum atomic E-state index is 5.50. The summed E-state index contributed by atoms with van der Waals surface area (Å²) >= 11 is 0. The van der Waals surface area contributed by atoms with Gasteiger partial charge in [0.1, 0.15) is 5.76 Å². The van der Waals surface area contributed by atoms with Gasteiger partial charge in [-0.1, -0.05) is 18.9 Å². The molecule has 2 rings (SSSR count). The highest BCUT2D eigenvalue weighted by molar-refractivity contribution is 5.23. The van der Waals surface area contributed by atoms with E-state index in [1.807, 2.05) is 19.1 Å². The number of aromatic nitrogens is 2. The smallest absolute Gasteiger partial charge is 0.316 e. The van der Waals surface area contributed by atoms with Crippen molar-refractivity contribution >= 4 is 6.01 Å². The summed E-state index contributed by atoms with van der Waals surface area (Å²) in [7, 11) is 0. The van der Waals surface area contributed by atoms with Crippen LogP contribution in [0.2, 0.25) is 0 Å². The lowest BCUT2D eigenvalue weighted by Crippen LogP contribution is -2.19. The van der Waals surface area contributed by atoms with E-state index in [1.54, 1.807) is 6.26 Å². The highest BCUT2D eigenvalue weighted by atomic mass is 16.4. The molecule has 104 valence electrons. The van der Waals surface area contributed by atoms with E-state index in [-0.39, 0.29) is 6.04 Å². The number of furan rings is 1. The summed E-state index contributed by atoms with van der Waals surface area (Å²) < 4.78 is 10.8. The fourth-order valence-corrected chi connectivity index (χ4v) is 1.65. The summed E-state index contributed by atoms with van der Waals surface area (Å²) in [5.41, 5.74) is 0. The summed E-state index contributed by atoms with van der Waals surface area (Å²) in [6.45, 7) is 7.79. The fraction of sp³-hybridized carbons (Fsp3) is 0.538. The van der Waals surface area contributed by atoms with Gasteiger partial charge in [-0.3, -0.25) is 0 Å². The van der Waals surface area contributed by atoms with E-state index in [4.69, 9.17) is 8.83 Å². The molecule has 0 aliphatic carbocycles. The first-order valence-electron chi connectivity index (χ1n) is 6.48. The Morgan fingerprint density at radius 3 is 2.79 bits per heavy atom. The lowest BCUT2D eigenvalue weighted by molar-refractivity contribution is 0.448. The zero-order chi connectivity index (χ0) is 13.7. The lowest BCUT2D eigenvalue weighted by Gasteiger charge is -2.07. The average molecular weight is 264 g/mol. The van der Waals surface area contributed by atoms with Crippen LogP contribution in [0.25, 0.3) is 0 Å². The van der Waals surface area contributed by atoms with Crippen LogP contribution in [0.4, 0.5) is 6.01 Å². The van der Waals surface area contributed by atoms with E-state index < -0.39 is 0 Å². The van der Waals surface area contributed by atoms with Crippen LogP contribution in [-0.4, -0.2) is 16.7 Å². The Morgan fingerprint density at radius 2 is 2.11 bits per heavy atom. The average Bonchev–Trinajstić information content (AvgIpc) is 2.99. The number of rotatable bonds is 7. The number of anilines is 1. The third-order valence-corrected chi connectivity index (χ3v) is 2.61. The number of hydrogen-bond acceptors (Lipinski definition) is 6. The van der Waals surface area contributed by atoms with E-state index in [9.17, 15) is 0 Å². The van der Waals surface area contributed by atoms with Gasteiger partial charge in [-0.25, -0.2) is 0 Å². The minimum absolute atomic E-state index is 0.00748. The third kappa shape index (κ3) is 4.10. The quantitative estimate of drug-likeness (QED) is 0.800. The van der Waals surface area contributed by atoms with Gasteiger partial charge in [0.05, 0.1) is 18.8 Å². The second-order valence-corrected chi connectivity index (χ2v) is 4.91. The molecule has 2 heterocycles. The highest BCUT2D eigenvalue weighted by Gasteiger charge is 2.12. The van der Waals surface area contributed by atoms with Gasteiger partial charge in [-0.2, -0.15) is 0 Å². The van der Waals surface area contributed by atoms with Crippen molar-refractivity contribution in [3.63, 3.8) is 0 Å². The van der Waals surface area contributed by atoms with Gasteiger partial charge in [-0.05, 0) is 31.5 Å². The third-order valence-electron chi connectivity index (χ3n) is 2.61. The summed E-state index contributed by atoms with van der Waals surface area (Å²) in [5, 5.41) is 14.3. The zero-order valence-electron chi connectivity index (χ0n) is 11.5. The molecule has 0 aromatic carbocycles. The van der Waals surface area contributed by atoms with Crippen molar-refractivity contribution < 1.29 is 8.83 Å². The summed E-state index contributed by atoms with van der Waals surface area (Å²) in [4.78, 5) is 0. The molecule has 2 aromatic heterocycles. The van der Waals surface area contributed by atoms with E-state index in [0.717, 1.165) is 12.3 Å². The van der Waals surface area contributed by atoms with Crippen molar-refractivity contribution in [1.29, 1.82) is 0 Å². The minimum Gasteiger partial charge on any atom is -0.467 e. The van der Waals surface area contributed by atoms with E-state index in [1.165, 1.54) is 0 Å². The molecule has 0 saturated carbocycles. The van der Waals surface area contributed by atoms with Gasteiger partial charge in [0.25, 0.3) is 0 Å². The van der Waals surface area contributed by atoms with Crippen molar-refractivity contribution in [2.75, 3.05) is 11.9 Å². The van der Waals surface area contributed by atoms with Crippen molar-refractivity contribution in [3.05, 3.63) is 30.0 Å². The molecule has 0 fully saturated rings. The van der Waals surface area contributed by atoms with Gasteiger partial charge >= 0.3 is 6.01 Å². The highest BCUT2D eigenvalue weighted by Crippen LogP contribution is 2.18. The second-order valence-electron chi connectivity index (χ2n) is 4.91. The first-order chi connectivity index (χ1) is 9.15. The van der Waals surface area contributed by atoms with E-state index >= 15 is 0 Å². The van der Waals surface area contributed by atoms with Gasteiger partial charge in [0.15, 0.2) is 0 Å². The topological polar surface area (TPSA) is 76.1 Å². The van der Waals surface area contributed by atoms with Gasteiger partial charge in [-0.15, -0.1) is 5.10 Å². The van der Waals surface area contributed by atoms with Crippen LogP contribution in [-0.2, 0) is 6.54 Å². The SMILES string of the molecule is CC(C)CNCc1nnc(NC(C)c2ccco2)o1. The number of nitrogens with one attached hydrogen (secondary N) is 2. The normalized spacial score (nSPS) is 12.8. The Kier molecular flexibility index (Phi) is 4.57. The molecule has 19 heavy (non-hydrogen) atoms. The predicted octanol–water partition coefficient (Wildman–Crippen LogP) is 2.58. The van der Waals surface area contributed by atoms with Crippen LogP contribution in [0, 0.1) is 5.92 Å². The Morgan fingerprint density at radius 1 is 1.26 bits per heavy atom. The Labute approximate surface area is 112 Å². The van der Waals surface area contributed by atoms with Crippen LogP contribution in [0.5, 0.6) is 0 Å². The molecule has 0 bridgehead atoms. The maximum absolute atomic E-state index is 5.50. The largest absolute Gasteiger partial charge is 0.467 e. The molecule has 2 aromatic rings. The number of hydrogen-bond donors (Lipinski definition) is 2. The van der Waals surface area contributed by atoms with Crippen molar-refractivity contribution in [2.45, 2.75) is 33.4 Å². The van der Waals surface area contributed by atoms with Gasteiger partial charge in [0, 0.05) is 0 Å². The molecule has 0 radical (unpaired) electrons. The number of nitrogens with zero attached hydrogens (tertiary/aromatic N) is 2. The first kappa shape index (κ1) is 13.6. The van der Waals surface area contributed by atoms with Gasteiger partial charge < -0.3 is 19.5 Å². The molecule has 6 heteroatoms. The van der Waals surface area contributed by atoms with Crippen LogP contribution < -0.4 is 10.6 Å². The zero-order valence-corrected chi connectivity index (χ0v) is 11.5. The molecule has 0 saturated heterocycles. The molecule has 0 aliphatic rings. The van der Waals surface area contributed by atoms with Gasteiger partial charge in [0.2, 0.25) is 5.89 Å². The molecular formula is C13H20N4O2. The summed E-state index contributed by atoms with van der Waals surface area (Å²) in [5.74, 6) is 2.01. The van der Waals surface area contributed by atoms with Crippen molar-refractivity contribution in [2.24, 2.45) is 5.92 Å².